The Labute approximate surface area is 140 Å². The van der Waals surface area contributed by atoms with Crippen LogP contribution in [0.5, 0.6) is 5.75 Å². The number of benzene rings is 1. The Bertz CT molecular complexity index is 786. The van der Waals surface area contributed by atoms with Gasteiger partial charge >= 0.3 is 0 Å². The predicted molar refractivity (Wildman–Crippen MR) is 90.5 cm³/mol. The van der Waals surface area contributed by atoms with Crippen LogP contribution < -0.4 is 10.1 Å². The molecule has 24 heavy (non-hydrogen) atoms. The number of allylic oxidation sites excluding steroid dienone is 1. The number of fused-ring (bicyclic) bond motifs is 1. The van der Waals surface area contributed by atoms with E-state index in [2.05, 4.69) is 21.4 Å². The zero-order valence-corrected chi connectivity index (χ0v) is 13.4. The van der Waals surface area contributed by atoms with Gasteiger partial charge < -0.3 is 10.1 Å². The van der Waals surface area contributed by atoms with E-state index in [1.165, 1.54) is 6.33 Å². The first-order valence-corrected chi connectivity index (χ1v) is 8.32. The fourth-order valence-corrected chi connectivity index (χ4v) is 3.31. The normalized spacial score (nSPS) is 18.7. The molecule has 1 atom stereocenters. The Hall–Kier alpha value is -2.69. The second-order valence-electron chi connectivity index (χ2n) is 6.20. The van der Waals surface area contributed by atoms with Gasteiger partial charge in [0.05, 0.1) is 6.54 Å². The Morgan fingerprint density at radius 1 is 1.29 bits per heavy atom. The van der Waals surface area contributed by atoms with E-state index in [4.69, 9.17) is 4.74 Å². The van der Waals surface area contributed by atoms with Gasteiger partial charge in [0.2, 0.25) is 5.91 Å². The molecular weight excluding hydrogens is 302 g/mol. The molecule has 1 aliphatic heterocycles. The van der Waals surface area contributed by atoms with Crippen molar-refractivity contribution < 1.29 is 9.53 Å². The van der Waals surface area contributed by atoms with E-state index in [0.29, 0.717) is 6.54 Å². The standard InChI is InChI=1S/C19H19N3O2/c23-19(13-4-1-2-5-13)22-11-16-8-14-6-3-7-17(18(14)24-16)15-9-20-12-21-10-15/h3-4,6-7,9-10,12,16H,1-2,5,8,11H2,(H,22,23)/t16-/m1/s1. The van der Waals surface area contributed by atoms with E-state index in [1.54, 1.807) is 12.4 Å². The molecule has 0 saturated carbocycles. The molecule has 2 aromatic rings. The third-order valence-corrected chi connectivity index (χ3v) is 4.52. The molecule has 1 aromatic carbocycles. The highest BCUT2D eigenvalue weighted by Gasteiger charge is 2.26. The smallest absolute Gasteiger partial charge is 0.247 e. The van der Waals surface area contributed by atoms with Gasteiger partial charge in [-0.15, -0.1) is 0 Å². The lowest BCUT2D eigenvalue weighted by atomic mass is 10.0. The largest absolute Gasteiger partial charge is 0.487 e. The fraction of sp³-hybridized carbons (Fsp3) is 0.316. The molecule has 0 bridgehead atoms. The number of hydrogen-bond acceptors (Lipinski definition) is 4. The molecule has 5 nitrogen and oxygen atoms in total. The van der Waals surface area contributed by atoms with Gasteiger partial charge in [-0.2, -0.15) is 0 Å². The first-order valence-electron chi connectivity index (χ1n) is 8.32. The van der Waals surface area contributed by atoms with Crippen LogP contribution in [0.2, 0.25) is 0 Å². The average molecular weight is 321 g/mol. The van der Waals surface area contributed by atoms with Crippen LogP contribution in [0.4, 0.5) is 0 Å². The molecule has 4 rings (SSSR count). The van der Waals surface area contributed by atoms with Crippen LogP contribution in [-0.4, -0.2) is 28.5 Å². The van der Waals surface area contributed by atoms with Gasteiger partial charge in [0.25, 0.3) is 0 Å². The van der Waals surface area contributed by atoms with E-state index in [0.717, 1.165) is 53.7 Å². The highest BCUT2D eigenvalue weighted by atomic mass is 16.5. The second kappa shape index (κ2) is 6.43. The van der Waals surface area contributed by atoms with Crippen LogP contribution in [0.15, 0.2) is 48.6 Å². The Kier molecular flexibility index (Phi) is 3.99. The first-order chi connectivity index (χ1) is 11.8. The lowest BCUT2D eigenvalue weighted by Gasteiger charge is -2.13. The van der Waals surface area contributed by atoms with Crippen molar-refractivity contribution in [2.75, 3.05) is 6.54 Å². The molecule has 1 amide bonds. The third kappa shape index (κ3) is 2.89. The average Bonchev–Trinajstić information content (AvgIpc) is 3.29. The summed E-state index contributed by atoms with van der Waals surface area (Å²) in [7, 11) is 0. The number of hydrogen-bond donors (Lipinski definition) is 1. The molecule has 2 heterocycles. The number of carbonyl (C=O) groups is 1. The molecule has 0 saturated heterocycles. The van der Waals surface area contributed by atoms with Crippen molar-refractivity contribution in [1.82, 2.24) is 15.3 Å². The Balaban J connectivity index is 1.45. The summed E-state index contributed by atoms with van der Waals surface area (Å²) in [6, 6.07) is 6.11. The summed E-state index contributed by atoms with van der Waals surface area (Å²) >= 11 is 0. The highest BCUT2D eigenvalue weighted by molar-refractivity contribution is 5.93. The van der Waals surface area contributed by atoms with Crippen molar-refractivity contribution in [3.8, 4) is 16.9 Å². The topological polar surface area (TPSA) is 64.1 Å². The molecule has 2 aliphatic rings. The molecule has 0 fully saturated rings. The summed E-state index contributed by atoms with van der Waals surface area (Å²) in [6.07, 6.45) is 10.9. The van der Waals surface area contributed by atoms with Gasteiger partial charge in [-0.25, -0.2) is 9.97 Å². The molecule has 1 aromatic heterocycles. The molecule has 5 heteroatoms. The Morgan fingerprint density at radius 2 is 2.17 bits per heavy atom. The van der Waals surface area contributed by atoms with Crippen LogP contribution in [0.1, 0.15) is 24.8 Å². The van der Waals surface area contributed by atoms with Crippen molar-refractivity contribution in [2.24, 2.45) is 0 Å². The van der Waals surface area contributed by atoms with Gasteiger partial charge in [-0.3, -0.25) is 4.79 Å². The quantitative estimate of drug-likeness (QED) is 0.940. The number of ether oxygens (including phenoxy) is 1. The van der Waals surface area contributed by atoms with E-state index in [9.17, 15) is 4.79 Å². The van der Waals surface area contributed by atoms with Crippen LogP contribution >= 0.6 is 0 Å². The molecular formula is C19H19N3O2. The second-order valence-corrected chi connectivity index (χ2v) is 6.20. The summed E-state index contributed by atoms with van der Waals surface area (Å²) in [5, 5.41) is 3.00. The molecule has 122 valence electrons. The summed E-state index contributed by atoms with van der Waals surface area (Å²) in [5.41, 5.74) is 4.01. The van der Waals surface area contributed by atoms with Gasteiger partial charge in [0.15, 0.2) is 0 Å². The number of nitrogens with one attached hydrogen (secondary N) is 1. The molecule has 0 unspecified atom stereocenters. The van der Waals surface area contributed by atoms with Crippen molar-refractivity contribution in [3.05, 3.63) is 54.1 Å². The minimum absolute atomic E-state index is 0.0308. The number of amides is 1. The molecule has 0 radical (unpaired) electrons. The van der Waals surface area contributed by atoms with Gasteiger partial charge in [-0.05, 0) is 24.8 Å². The van der Waals surface area contributed by atoms with Crippen LogP contribution in [-0.2, 0) is 11.2 Å². The van der Waals surface area contributed by atoms with E-state index in [-0.39, 0.29) is 12.0 Å². The molecule has 1 aliphatic carbocycles. The lowest BCUT2D eigenvalue weighted by Crippen LogP contribution is -2.35. The maximum absolute atomic E-state index is 12.1. The third-order valence-electron chi connectivity index (χ3n) is 4.52. The fourth-order valence-electron chi connectivity index (χ4n) is 3.31. The van der Waals surface area contributed by atoms with Gasteiger partial charge in [0.1, 0.15) is 18.2 Å². The highest BCUT2D eigenvalue weighted by Crippen LogP contribution is 2.38. The number of nitrogens with zero attached hydrogens (tertiary/aromatic N) is 2. The number of rotatable bonds is 4. The predicted octanol–water partition coefficient (Wildman–Crippen LogP) is 2.67. The zero-order valence-electron chi connectivity index (χ0n) is 13.4. The minimum Gasteiger partial charge on any atom is -0.487 e. The maximum atomic E-state index is 12.1. The van der Waals surface area contributed by atoms with Crippen molar-refractivity contribution in [1.29, 1.82) is 0 Å². The zero-order chi connectivity index (χ0) is 16.4. The van der Waals surface area contributed by atoms with Crippen molar-refractivity contribution in [3.63, 3.8) is 0 Å². The van der Waals surface area contributed by atoms with E-state index >= 15 is 0 Å². The number of para-hydroxylation sites is 1. The first kappa shape index (κ1) is 14.9. The summed E-state index contributed by atoms with van der Waals surface area (Å²) in [5.74, 6) is 0.926. The van der Waals surface area contributed by atoms with Crippen LogP contribution in [0.25, 0.3) is 11.1 Å². The van der Waals surface area contributed by atoms with Crippen molar-refractivity contribution >= 4 is 5.91 Å². The van der Waals surface area contributed by atoms with E-state index < -0.39 is 0 Å². The van der Waals surface area contributed by atoms with Gasteiger partial charge in [0, 0.05) is 35.5 Å². The van der Waals surface area contributed by atoms with Crippen LogP contribution in [0.3, 0.4) is 0 Å². The van der Waals surface area contributed by atoms with E-state index in [1.807, 2.05) is 18.2 Å². The monoisotopic (exact) mass is 321 g/mol. The van der Waals surface area contributed by atoms with Crippen LogP contribution in [0, 0.1) is 0 Å². The summed E-state index contributed by atoms with van der Waals surface area (Å²) in [6.45, 7) is 0.523. The summed E-state index contributed by atoms with van der Waals surface area (Å²) < 4.78 is 6.12. The van der Waals surface area contributed by atoms with Crippen molar-refractivity contribution in [2.45, 2.75) is 31.8 Å². The number of carbonyl (C=O) groups excluding carboxylic acids is 1. The van der Waals surface area contributed by atoms with Gasteiger partial charge in [-0.1, -0.05) is 24.3 Å². The maximum Gasteiger partial charge on any atom is 0.247 e. The SMILES string of the molecule is O=C(NC[C@H]1Cc2cccc(-c3cncnc3)c2O1)C1=CCCC1. The Morgan fingerprint density at radius 3 is 2.96 bits per heavy atom. The molecule has 0 spiro atoms. The molecule has 1 N–H and O–H groups in total. The number of aromatic nitrogens is 2. The summed E-state index contributed by atoms with van der Waals surface area (Å²) in [4.78, 5) is 20.3. The minimum atomic E-state index is -0.0308. The lowest BCUT2D eigenvalue weighted by molar-refractivity contribution is -0.117.